The molecule has 0 N–H and O–H groups in total. The summed E-state index contributed by atoms with van der Waals surface area (Å²) in [6, 6.07) is 7.08. The number of rotatable bonds is 5. The zero-order valence-electron chi connectivity index (χ0n) is 18.8. The molecule has 29 heavy (non-hydrogen) atoms. The molecule has 0 radical (unpaired) electrons. The van der Waals surface area contributed by atoms with E-state index in [2.05, 4.69) is 63.3 Å². The van der Waals surface area contributed by atoms with Crippen LogP contribution < -0.4 is 0 Å². The molecule has 1 saturated heterocycles. The summed E-state index contributed by atoms with van der Waals surface area (Å²) in [5.74, 6) is 0.493. The van der Waals surface area contributed by atoms with Gasteiger partial charge in [0.25, 0.3) is 0 Å². The third kappa shape index (κ3) is 4.30. The van der Waals surface area contributed by atoms with E-state index in [1.807, 2.05) is 11.3 Å². The maximum absolute atomic E-state index is 5.89. The Labute approximate surface area is 180 Å². The van der Waals surface area contributed by atoms with Crippen LogP contribution in [0.1, 0.15) is 88.8 Å². The zero-order valence-corrected chi connectivity index (χ0v) is 19.6. The highest BCUT2D eigenvalue weighted by Gasteiger charge is 2.37. The summed E-state index contributed by atoms with van der Waals surface area (Å²) in [4.78, 5) is 11.0. The van der Waals surface area contributed by atoms with Crippen LogP contribution in [0.2, 0.25) is 0 Å². The van der Waals surface area contributed by atoms with E-state index in [0.717, 1.165) is 31.8 Å². The predicted octanol–water partition coefficient (Wildman–Crippen LogP) is 6.68. The van der Waals surface area contributed by atoms with Gasteiger partial charge in [-0.05, 0) is 60.1 Å². The molecule has 0 amide bonds. The topological polar surface area (TPSA) is 25.4 Å². The Kier molecular flexibility index (Phi) is 5.89. The third-order valence-electron chi connectivity index (χ3n) is 6.88. The Morgan fingerprint density at radius 2 is 1.90 bits per heavy atom. The molecule has 1 aliphatic carbocycles. The van der Waals surface area contributed by atoms with Crippen LogP contribution in [0, 0.1) is 0 Å². The van der Waals surface area contributed by atoms with Crippen molar-refractivity contribution in [3.05, 3.63) is 39.7 Å². The third-order valence-corrected chi connectivity index (χ3v) is 7.89. The summed E-state index contributed by atoms with van der Waals surface area (Å²) >= 11 is 1.82. The van der Waals surface area contributed by atoms with Gasteiger partial charge in [-0.1, -0.05) is 46.8 Å². The van der Waals surface area contributed by atoms with Gasteiger partial charge in [-0.2, -0.15) is 5.06 Å². The van der Waals surface area contributed by atoms with Gasteiger partial charge in [-0.3, -0.25) is 4.84 Å². The second-order valence-corrected chi connectivity index (χ2v) is 11.0. The normalized spacial score (nSPS) is 23.7. The summed E-state index contributed by atoms with van der Waals surface area (Å²) in [6.07, 6.45) is 5.96. The quantitative estimate of drug-likeness (QED) is 0.547. The first kappa shape index (κ1) is 21.0. The summed E-state index contributed by atoms with van der Waals surface area (Å²) in [6.45, 7) is 14.6. The number of hydrogen-bond acceptors (Lipinski definition) is 4. The minimum absolute atomic E-state index is 0.236. The number of hydrogen-bond donors (Lipinski definition) is 0. The van der Waals surface area contributed by atoms with Crippen LogP contribution in [-0.4, -0.2) is 29.7 Å². The molecule has 1 fully saturated rings. The summed E-state index contributed by atoms with van der Waals surface area (Å²) in [5.41, 5.74) is 5.94. The highest BCUT2D eigenvalue weighted by atomic mass is 32.1. The average molecular weight is 413 g/mol. The SMILES string of the molecule is CCCON1CCCC(c2nc(-c3ccc4c(c3)C(C)(C)CCC4(C)C)cs2)C1. The number of aromatic nitrogens is 1. The van der Waals surface area contributed by atoms with E-state index >= 15 is 0 Å². The van der Waals surface area contributed by atoms with Crippen molar-refractivity contribution >= 4 is 11.3 Å². The highest BCUT2D eigenvalue weighted by Crippen LogP contribution is 2.47. The van der Waals surface area contributed by atoms with E-state index in [1.54, 1.807) is 0 Å². The van der Waals surface area contributed by atoms with Gasteiger partial charge in [-0.25, -0.2) is 4.98 Å². The second kappa shape index (κ2) is 8.13. The molecule has 4 heteroatoms. The minimum atomic E-state index is 0.236. The highest BCUT2D eigenvalue weighted by molar-refractivity contribution is 7.10. The summed E-state index contributed by atoms with van der Waals surface area (Å²) in [5, 5.41) is 5.67. The Morgan fingerprint density at radius 3 is 2.66 bits per heavy atom. The first-order valence-electron chi connectivity index (χ1n) is 11.3. The van der Waals surface area contributed by atoms with Gasteiger partial charge in [0.1, 0.15) is 0 Å². The lowest BCUT2D eigenvalue weighted by Crippen LogP contribution is -2.34. The molecule has 1 atom stereocenters. The molecular formula is C25H36N2OS. The number of piperidine rings is 1. The largest absolute Gasteiger partial charge is 0.299 e. The van der Waals surface area contributed by atoms with Crippen molar-refractivity contribution in [3.8, 4) is 11.3 Å². The van der Waals surface area contributed by atoms with Gasteiger partial charge in [-0.15, -0.1) is 11.3 Å². The van der Waals surface area contributed by atoms with Crippen molar-refractivity contribution in [2.45, 2.75) is 83.5 Å². The smallest absolute Gasteiger partial charge is 0.0977 e. The molecule has 0 spiro atoms. The Balaban J connectivity index is 1.57. The Bertz CT molecular complexity index is 854. The fourth-order valence-electron chi connectivity index (χ4n) is 4.84. The van der Waals surface area contributed by atoms with E-state index in [4.69, 9.17) is 9.82 Å². The van der Waals surface area contributed by atoms with Gasteiger partial charge in [0.05, 0.1) is 17.3 Å². The molecule has 2 heterocycles. The van der Waals surface area contributed by atoms with Crippen molar-refractivity contribution in [2.24, 2.45) is 0 Å². The standard InChI is InChI=1S/C25H36N2OS/c1-6-14-28-27-13-7-8-19(16-27)23-26-22(17-29-23)18-9-10-20-21(15-18)25(4,5)12-11-24(20,2)3/h9-10,15,17,19H,6-8,11-14,16H2,1-5H3. The lowest BCUT2D eigenvalue weighted by Gasteiger charge is -2.42. The van der Waals surface area contributed by atoms with E-state index < -0.39 is 0 Å². The monoisotopic (exact) mass is 412 g/mol. The van der Waals surface area contributed by atoms with E-state index in [0.29, 0.717) is 5.92 Å². The number of benzene rings is 1. The van der Waals surface area contributed by atoms with E-state index in [9.17, 15) is 0 Å². The zero-order chi connectivity index (χ0) is 20.6. The lowest BCUT2D eigenvalue weighted by atomic mass is 9.63. The number of nitrogens with zero attached hydrogens (tertiary/aromatic N) is 2. The van der Waals surface area contributed by atoms with Gasteiger partial charge in [0, 0.05) is 30.0 Å². The molecule has 1 aliphatic heterocycles. The van der Waals surface area contributed by atoms with Crippen LogP contribution in [0.3, 0.4) is 0 Å². The fraction of sp³-hybridized carbons (Fsp3) is 0.640. The lowest BCUT2D eigenvalue weighted by molar-refractivity contribution is -0.171. The van der Waals surface area contributed by atoms with Gasteiger partial charge in [0.15, 0.2) is 0 Å². The molecule has 1 aromatic heterocycles. The van der Waals surface area contributed by atoms with Crippen LogP contribution in [0.5, 0.6) is 0 Å². The number of thiazole rings is 1. The fourth-order valence-corrected chi connectivity index (χ4v) is 5.79. The van der Waals surface area contributed by atoms with Gasteiger partial charge < -0.3 is 0 Å². The van der Waals surface area contributed by atoms with Crippen LogP contribution in [0.15, 0.2) is 23.6 Å². The number of hydroxylamine groups is 2. The summed E-state index contributed by atoms with van der Waals surface area (Å²) in [7, 11) is 0. The molecule has 1 aromatic carbocycles. The maximum atomic E-state index is 5.89. The molecule has 3 nitrogen and oxygen atoms in total. The Hall–Kier alpha value is -1.23. The van der Waals surface area contributed by atoms with E-state index in [-0.39, 0.29) is 10.8 Å². The van der Waals surface area contributed by atoms with Crippen molar-refractivity contribution < 1.29 is 4.84 Å². The van der Waals surface area contributed by atoms with Crippen LogP contribution in [0.25, 0.3) is 11.3 Å². The molecule has 158 valence electrons. The number of fused-ring (bicyclic) bond motifs is 1. The van der Waals surface area contributed by atoms with Gasteiger partial charge in [0.2, 0.25) is 0 Å². The molecule has 0 bridgehead atoms. The first-order valence-corrected chi connectivity index (χ1v) is 12.2. The molecule has 2 aromatic rings. The minimum Gasteiger partial charge on any atom is -0.299 e. The van der Waals surface area contributed by atoms with Crippen LogP contribution >= 0.6 is 11.3 Å². The second-order valence-electron chi connectivity index (χ2n) is 10.2. The Morgan fingerprint density at radius 1 is 1.14 bits per heavy atom. The average Bonchev–Trinajstić information content (AvgIpc) is 3.20. The summed E-state index contributed by atoms with van der Waals surface area (Å²) < 4.78 is 0. The predicted molar refractivity (Wildman–Crippen MR) is 123 cm³/mol. The van der Waals surface area contributed by atoms with Crippen molar-refractivity contribution in [2.75, 3.05) is 19.7 Å². The molecular weight excluding hydrogens is 376 g/mol. The molecule has 0 saturated carbocycles. The molecule has 4 rings (SSSR count). The maximum Gasteiger partial charge on any atom is 0.0977 e. The van der Waals surface area contributed by atoms with Crippen molar-refractivity contribution in [3.63, 3.8) is 0 Å². The van der Waals surface area contributed by atoms with Gasteiger partial charge >= 0.3 is 0 Å². The first-order chi connectivity index (χ1) is 13.8. The molecule has 1 unspecified atom stereocenters. The van der Waals surface area contributed by atoms with Crippen LogP contribution in [0.4, 0.5) is 0 Å². The van der Waals surface area contributed by atoms with Crippen LogP contribution in [-0.2, 0) is 15.7 Å². The van der Waals surface area contributed by atoms with E-state index in [1.165, 1.54) is 47.4 Å². The molecule has 2 aliphatic rings. The van der Waals surface area contributed by atoms with Crippen molar-refractivity contribution in [1.29, 1.82) is 0 Å². The van der Waals surface area contributed by atoms with Crippen molar-refractivity contribution in [1.82, 2.24) is 10.0 Å².